The molecule has 0 saturated carbocycles. The zero-order valence-corrected chi connectivity index (χ0v) is 10.0. The molecule has 0 saturated heterocycles. The normalized spacial score (nSPS) is 10.9. The van der Waals surface area contributed by atoms with Gasteiger partial charge in [0, 0.05) is 19.3 Å². The van der Waals surface area contributed by atoms with Crippen LogP contribution < -0.4 is 10.2 Å². The van der Waals surface area contributed by atoms with E-state index in [0.29, 0.717) is 12.2 Å². The molecule has 0 bridgehead atoms. The van der Waals surface area contributed by atoms with Crippen LogP contribution in [0.4, 0.5) is 18.9 Å². The molecule has 0 atom stereocenters. The highest BCUT2D eigenvalue weighted by molar-refractivity contribution is 5.48. The monoisotopic (exact) mass is 246 g/mol. The molecule has 17 heavy (non-hydrogen) atoms. The summed E-state index contributed by atoms with van der Waals surface area (Å²) in [4.78, 5) is 1.35. The van der Waals surface area contributed by atoms with Crippen LogP contribution in [0.25, 0.3) is 0 Å². The smallest absolute Gasteiger partial charge is 0.255 e. The van der Waals surface area contributed by atoms with Gasteiger partial charge >= 0.3 is 0 Å². The quantitative estimate of drug-likeness (QED) is 0.830. The molecule has 0 aromatic heterocycles. The van der Waals surface area contributed by atoms with Crippen LogP contribution in [-0.4, -0.2) is 26.6 Å². The van der Waals surface area contributed by atoms with Gasteiger partial charge in [0.1, 0.15) is 5.82 Å². The van der Waals surface area contributed by atoms with Gasteiger partial charge in [0.05, 0.1) is 6.54 Å². The molecule has 0 aliphatic rings. The lowest BCUT2D eigenvalue weighted by atomic mass is 10.2. The lowest BCUT2D eigenvalue weighted by Crippen LogP contribution is -2.24. The van der Waals surface area contributed by atoms with E-state index >= 15 is 0 Å². The molecule has 0 radical (unpaired) electrons. The van der Waals surface area contributed by atoms with Crippen LogP contribution >= 0.6 is 0 Å². The van der Waals surface area contributed by atoms with E-state index in [1.807, 2.05) is 6.92 Å². The largest absolute Gasteiger partial charge is 0.369 e. The van der Waals surface area contributed by atoms with E-state index < -0.39 is 18.8 Å². The lowest BCUT2D eigenvalue weighted by Gasteiger charge is -2.19. The molecule has 5 heteroatoms. The van der Waals surface area contributed by atoms with Gasteiger partial charge in [0.2, 0.25) is 0 Å². The molecule has 0 fully saturated rings. The molecule has 2 nitrogen and oxygen atoms in total. The maximum Gasteiger partial charge on any atom is 0.255 e. The number of hydrogen-bond donors (Lipinski definition) is 1. The van der Waals surface area contributed by atoms with Gasteiger partial charge in [-0.3, -0.25) is 0 Å². The predicted octanol–water partition coefficient (Wildman–Crippen LogP) is 2.64. The highest BCUT2D eigenvalue weighted by atomic mass is 19.3. The zero-order chi connectivity index (χ0) is 12.8. The Bertz CT molecular complexity index is 356. The molecule has 1 aromatic rings. The van der Waals surface area contributed by atoms with Crippen molar-refractivity contribution in [2.24, 2.45) is 0 Å². The first kappa shape index (κ1) is 13.8. The Morgan fingerprint density at radius 3 is 2.59 bits per heavy atom. The van der Waals surface area contributed by atoms with Crippen LogP contribution in [0.1, 0.15) is 12.5 Å². The summed E-state index contributed by atoms with van der Waals surface area (Å²) >= 11 is 0. The molecule has 96 valence electrons. The lowest BCUT2D eigenvalue weighted by molar-refractivity contribution is 0.156. The van der Waals surface area contributed by atoms with Crippen LogP contribution in [0.3, 0.4) is 0 Å². The number of nitrogens with zero attached hydrogens (tertiary/aromatic N) is 1. The van der Waals surface area contributed by atoms with Crippen LogP contribution in [0.15, 0.2) is 18.2 Å². The Balaban J connectivity index is 2.80. The van der Waals surface area contributed by atoms with Gasteiger partial charge in [0.15, 0.2) is 0 Å². The molecule has 0 unspecified atom stereocenters. The number of benzene rings is 1. The molecule has 0 aliphatic carbocycles. The fraction of sp³-hybridized carbons (Fsp3) is 0.500. The summed E-state index contributed by atoms with van der Waals surface area (Å²) in [7, 11) is 1.53. The first-order valence-electron chi connectivity index (χ1n) is 5.52. The van der Waals surface area contributed by atoms with E-state index in [-0.39, 0.29) is 0 Å². The first-order valence-corrected chi connectivity index (χ1v) is 5.52. The van der Waals surface area contributed by atoms with Crippen molar-refractivity contribution in [3.63, 3.8) is 0 Å². The van der Waals surface area contributed by atoms with E-state index in [4.69, 9.17) is 0 Å². The average Bonchev–Trinajstić information content (AvgIpc) is 2.24. The van der Waals surface area contributed by atoms with Crippen molar-refractivity contribution in [3.8, 4) is 0 Å². The van der Waals surface area contributed by atoms with Crippen molar-refractivity contribution in [2.45, 2.75) is 19.9 Å². The molecule has 1 aromatic carbocycles. The van der Waals surface area contributed by atoms with Crippen molar-refractivity contribution in [3.05, 3.63) is 29.6 Å². The molecule has 0 aliphatic heterocycles. The number of rotatable bonds is 6. The molecule has 0 spiro atoms. The molecule has 0 heterocycles. The summed E-state index contributed by atoms with van der Waals surface area (Å²) < 4.78 is 37.8. The summed E-state index contributed by atoms with van der Waals surface area (Å²) in [5.41, 5.74) is 1.22. The summed E-state index contributed by atoms with van der Waals surface area (Å²) in [6.45, 7) is 2.86. The van der Waals surface area contributed by atoms with E-state index in [1.54, 1.807) is 6.07 Å². The van der Waals surface area contributed by atoms with Gasteiger partial charge in [-0.05, 0) is 30.3 Å². The summed E-state index contributed by atoms with van der Waals surface area (Å²) in [6.07, 6.45) is -2.43. The first-order chi connectivity index (χ1) is 8.02. The van der Waals surface area contributed by atoms with Crippen molar-refractivity contribution in [1.29, 1.82) is 0 Å². The van der Waals surface area contributed by atoms with Crippen molar-refractivity contribution in [1.82, 2.24) is 5.32 Å². The van der Waals surface area contributed by atoms with Crippen LogP contribution in [0, 0.1) is 5.82 Å². The SMILES string of the molecule is CCNCc1cc(F)cc(N(C)CC(F)F)c1. The Morgan fingerprint density at radius 2 is 2.00 bits per heavy atom. The van der Waals surface area contributed by atoms with Crippen molar-refractivity contribution >= 4 is 5.69 Å². The number of halogens is 3. The topological polar surface area (TPSA) is 15.3 Å². The van der Waals surface area contributed by atoms with Crippen molar-refractivity contribution in [2.75, 3.05) is 25.0 Å². The summed E-state index contributed by atoms with van der Waals surface area (Å²) in [5, 5.41) is 3.07. The van der Waals surface area contributed by atoms with Crippen LogP contribution in [0.5, 0.6) is 0 Å². The van der Waals surface area contributed by atoms with E-state index in [9.17, 15) is 13.2 Å². The number of nitrogens with one attached hydrogen (secondary N) is 1. The van der Waals surface area contributed by atoms with Gasteiger partial charge in [-0.1, -0.05) is 6.92 Å². The van der Waals surface area contributed by atoms with Crippen molar-refractivity contribution < 1.29 is 13.2 Å². The summed E-state index contributed by atoms with van der Waals surface area (Å²) in [6, 6.07) is 4.38. The van der Waals surface area contributed by atoms with Crippen LogP contribution in [0.2, 0.25) is 0 Å². The van der Waals surface area contributed by atoms with Gasteiger partial charge in [0.25, 0.3) is 6.43 Å². The standard InChI is InChI=1S/C12H17F3N2/c1-3-16-7-9-4-10(13)6-11(5-9)17(2)8-12(14)15/h4-6,12,16H,3,7-8H2,1-2H3. The highest BCUT2D eigenvalue weighted by Gasteiger charge is 2.10. The van der Waals surface area contributed by atoms with Crippen LogP contribution in [-0.2, 0) is 6.54 Å². The third-order valence-electron chi connectivity index (χ3n) is 2.37. The average molecular weight is 246 g/mol. The third-order valence-corrected chi connectivity index (χ3v) is 2.37. The number of anilines is 1. The minimum atomic E-state index is -2.43. The summed E-state index contributed by atoms with van der Waals surface area (Å²) in [5.74, 6) is -0.406. The van der Waals surface area contributed by atoms with Gasteiger partial charge in [-0.2, -0.15) is 0 Å². The number of hydrogen-bond acceptors (Lipinski definition) is 2. The Labute approximate surface area is 99.4 Å². The Hall–Kier alpha value is -1.23. The minimum absolute atomic E-state index is 0.399. The van der Waals surface area contributed by atoms with Gasteiger partial charge < -0.3 is 10.2 Å². The number of alkyl halides is 2. The molecular formula is C12H17F3N2. The Kier molecular flexibility index (Phi) is 5.28. The third kappa shape index (κ3) is 4.65. The fourth-order valence-corrected chi connectivity index (χ4v) is 1.54. The predicted molar refractivity (Wildman–Crippen MR) is 63.1 cm³/mol. The van der Waals surface area contributed by atoms with Gasteiger partial charge in [-0.25, -0.2) is 13.2 Å². The van der Waals surface area contributed by atoms with Gasteiger partial charge in [-0.15, -0.1) is 0 Å². The highest BCUT2D eigenvalue weighted by Crippen LogP contribution is 2.18. The second-order valence-corrected chi connectivity index (χ2v) is 3.87. The second-order valence-electron chi connectivity index (χ2n) is 3.87. The van der Waals surface area contributed by atoms with E-state index in [0.717, 1.165) is 12.1 Å². The molecule has 1 N–H and O–H groups in total. The maximum absolute atomic E-state index is 13.3. The van der Waals surface area contributed by atoms with E-state index in [2.05, 4.69) is 5.32 Å². The van der Waals surface area contributed by atoms with E-state index in [1.165, 1.54) is 24.1 Å². The molecule has 0 amide bonds. The zero-order valence-electron chi connectivity index (χ0n) is 10.0. The Morgan fingerprint density at radius 1 is 1.29 bits per heavy atom. The fourth-order valence-electron chi connectivity index (χ4n) is 1.54. The maximum atomic E-state index is 13.3. The second kappa shape index (κ2) is 6.49. The molecule has 1 rings (SSSR count). The minimum Gasteiger partial charge on any atom is -0.369 e. The molecular weight excluding hydrogens is 229 g/mol.